The predicted molar refractivity (Wildman–Crippen MR) is 57.0 cm³/mol. The van der Waals surface area contributed by atoms with Crippen LogP contribution in [0.2, 0.25) is 0 Å². The summed E-state index contributed by atoms with van der Waals surface area (Å²) in [4.78, 5) is 0. The van der Waals surface area contributed by atoms with Gasteiger partial charge in [0, 0.05) is 11.4 Å². The van der Waals surface area contributed by atoms with Gasteiger partial charge in [-0.3, -0.25) is 0 Å². The van der Waals surface area contributed by atoms with Gasteiger partial charge in [0.15, 0.2) is 0 Å². The van der Waals surface area contributed by atoms with Crippen molar-refractivity contribution in [2.75, 3.05) is 5.88 Å². The topological polar surface area (TPSA) is 46.2 Å². The Kier molecular flexibility index (Phi) is 2.79. The molecule has 0 atom stereocenters. The largest absolute Gasteiger partial charge is 0.215 e. The molecule has 82 valence electrons. The molecule has 2 aliphatic rings. The van der Waals surface area contributed by atoms with Crippen molar-refractivity contribution < 1.29 is 8.42 Å². The van der Waals surface area contributed by atoms with Crippen LogP contribution in [0.25, 0.3) is 0 Å². The number of hydrogen-bond donors (Lipinski definition) is 1. The van der Waals surface area contributed by atoms with Crippen molar-refractivity contribution in [3.05, 3.63) is 0 Å². The van der Waals surface area contributed by atoms with Gasteiger partial charge in [-0.15, -0.1) is 11.6 Å². The Hall–Kier alpha value is 0.200. The van der Waals surface area contributed by atoms with Crippen molar-refractivity contribution >= 4 is 21.6 Å². The molecule has 0 aliphatic heterocycles. The first-order chi connectivity index (χ1) is 6.58. The highest BCUT2D eigenvalue weighted by atomic mass is 35.5. The van der Waals surface area contributed by atoms with Gasteiger partial charge in [-0.2, -0.15) is 0 Å². The first-order valence-electron chi connectivity index (χ1n) is 5.17. The van der Waals surface area contributed by atoms with Crippen molar-refractivity contribution in [1.82, 2.24) is 4.72 Å². The number of nitrogens with one attached hydrogen (secondary N) is 1. The maximum Gasteiger partial charge on any atom is 0.215 e. The van der Waals surface area contributed by atoms with Gasteiger partial charge in [0.1, 0.15) is 0 Å². The summed E-state index contributed by atoms with van der Waals surface area (Å²) in [5, 5.41) is -0.164. The summed E-state index contributed by atoms with van der Waals surface area (Å²) in [6, 6.07) is 0. The van der Waals surface area contributed by atoms with E-state index in [1.807, 2.05) is 0 Å². The molecule has 0 aromatic heterocycles. The molecule has 0 spiro atoms. The lowest BCUT2D eigenvalue weighted by molar-refractivity contribution is 0.544. The van der Waals surface area contributed by atoms with Crippen LogP contribution in [0.3, 0.4) is 0 Å². The van der Waals surface area contributed by atoms with Crippen molar-refractivity contribution in [1.29, 1.82) is 0 Å². The van der Waals surface area contributed by atoms with Crippen molar-refractivity contribution in [3.63, 3.8) is 0 Å². The lowest BCUT2D eigenvalue weighted by atomic mass is 10.4. The second-order valence-electron chi connectivity index (χ2n) is 4.47. The van der Waals surface area contributed by atoms with Crippen LogP contribution in [-0.2, 0) is 10.0 Å². The summed E-state index contributed by atoms with van der Waals surface area (Å²) in [6.07, 6.45) is 5.49. The summed E-state index contributed by atoms with van der Waals surface area (Å²) in [7, 11) is -3.10. The van der Waals surface area contributed by atoms with E-state index in [1.165, 1.54) is 0 Å². The Balaban J connectivity index is 2.01. The molecule has 0 unspecified atom stereocenters. The van der Waals surface area contributed by atoms with Gasteiger partial charge >= 0.3 is 0 Å². The first kappa shape index (κ1) is 10.7. The Bertz CT molecular complexity index is 305. The van der Waals surface area contributed by atoms with E-state index in [4.69, 9.17) is 11.6 Å². The third-order valence-electron chi connectivity index (χ3n) is 3.21. The van der Waals surface area contributed by atoms with E-state index < -0.39 is 10.0 Å². The molecule has 2 rings (SSSR count). The Labute approximate surface area is 90.3 Å². The molecule has 0 radical (unpaired) electrons. The normalized spacial score (nSPS) is 26.6. The van der Waals surface area contributed by atoms with Crippen LogP contribution in [0.15, 0.2) is 0 Å². The molecule has 0 amide bonds. The van der Waals surface area contributed by atoms with Gasteiger partial charge < -0.3 is 0 Å². The quantitative estimate of drug-likeness (QED) is 0.756. The highest BCUT2D eigenvalue weighted by molar-refractivity contribution is 7.90. The third kappa shape index (κ3) is 2.07. The SMILES string of the molecule is O=S(=O)(NC1(CCl)CC1)C1CCCC1. The zero-order valence-corrected chi connectivity index (χ0v) is 9.70. The molecule has 0 heterocycles. The highest BCUT2D eigenvalue weighted by Crippen LogP contribution is 2.38. The molecule has 2 saturated carbocycles. The van der Waals surface area contributed by atoms with Crippen LogP contribution in [-0.4, -0.2) is 25.1 Å². The molecule has 14 heavy (non-hydrogen) atoms. The minimum absolute atomic E-state index is 0.164. The molecular weight excluding hydrogens is 222 g/mol. The summed E-state index contributed by atoms with van der Waals surface area (Å²) in [5.74, 6) is 0.402. The molecule has 5 heteroatoms. The number of alkyl halides is 1. The average Bonchev–Trinajstić information content (AvgIpc) is 2.70. The zero-order chi connectivity index (χ0) is 10.2. The van der Waals surface area contributed by atoms with Crippen LogP contribution < -0.4 is 4.72 Å². The van der Waals surface area contributed by atoms with Crippen molar-refractivity contribution in [3.8, 4) is 0 Å². The van der Waals surface area contributed by atoms with Gasteiger partial charge in [0.25, 0.3) is 0 Å². The van der Waals surface area contributed by atoms with Gasteiger partial charge in [-0.25, -0.2) is 13.1 Å². The minimum Gasteiger partial charge on any atom is -0.212 e. The van der Waals surface area contributed by atoms with E-state index in [-0.39, 0.29) is 10.8 Å². The molecule has 1 N–H and O–H groups in total. The number of rotatable bonds is 4. The second-order valence-corrected chi connectivity index (χ2v) is 6.70. The van der Waals surface area contributed by atoms with E-state index in [0.717, 1.165) is 38.5 Å². The van der Waals surface area contributed by atoms with Crippen molar-refractivity contribution in [2.45, 2.75) is 49.3 Å². The maximum atomic E-state index is 11.9. The van der Waals surface area contributed by atoms with Crippen LogP contribution in [0.5, 0.6) is 0 Å². The van der Waals surface area contributed by atoms with Gasteiger partial charge in [-0.05, 0) is 25.7 Å². The fourth-order valence-corrected chi connectivity index (χ4v) is 4.41. The lowest BCUT2D eigenvalue weighted by Gasteiger charge is -2.18. The fourth-order valence-electron chi connectivity index (χ4n) is 2.00. The van der Waals surface area contributed by atoms with Gasteiger partial charge in [0.2, 0.25) is 10.0 Å². The number of halogens is 1. The minimum atomic E-state index is -3.10. The molecule has 2 fully saturated rings. The van der Waals surface area contributed by atoms with Crippen LogP contribution in [0.4, 0.5) is 0 Å². The first-order valence-corrected chi connectivity index (χ1v) is 7.25. The standard InChI is InChI=1S/C9H16ClNO2S/c10-7-9(5-6-9)11-14(12,13)8-3-1-2-4-8/h8,11H,1-7H2. The van der Waals surface area contributed by atoms with Crippen LogP contribution in [0, 0.1) is 0 Å². The van der Waals surface area contributed by atoms with Crippen LogP contribution >= 0.6 is 11.6 Å². The molecule has 0 aromatic rings. The molecule has 2 aliphatic carbocycles. The van der Waals surface area contributed by atoms with Crippen molar-refractivity contribution in [2.24, 2.45) is 0 Å². The smallest absolute Gasteiger partial charge is 0.212 e. The number of sulfonamides is 1. The monoisotopic (exact) mass is 237 g/mol. The average molecular weight is 238 g/mol. The predicted octanol–water partition coefficient (Wildman–Crippen LogP) is 1.62. The fraction of sp³-hybridized carbons (Fsp3) is 1.00. The van der Waals surface area contributed by atoms with Gasteiger partial charge in [-0.1, -0.05) is 12.8 Å². The summed E-state index contributed by atoms with van der Waals surface area (Å²) in [5.41, 5.74) is -0.289. The number of hydrogen-bond acceptors (Lipinski definition) is 2. The zero-order valence-electron chi connectivity index (χ0n) is 8.13. The molecule has 3 nitrogen and oxygen atoms in total. The van der Waals surface area contributed by atoms with E-state index in [0.29, 0.717) is 5.88 Å². The second kappa shape index (κ2) is 3.65. The van der Waals surface area contributed by atoms with Crippen LogP contribution in [0.1, 0.15) is 38.5 Å². The lowest BCUT2D eigenvalue weighted by Crippen LogP contribution is -2.42. The molecule has 0 bridgehead atoms. The third-order valence-corrected chi connectivity index (χ3v) is 5.79. The summed E-state index contributed by atoms with van der Waals surface area (Å²) in [6.45, 7) is 0. The molecule has 0 aromatic carbocycles. The Morgan fingerprint density at radius 3 is 2.29 bits per heavy atom. The Morgan fingerprint density at radius 1 is 1.29 bits per heavy atom. The Morgan fingerprint density at radius 2 is 1.86 bits per heavy atom. The van der Waals surface area contributed by atoms with E-state index >= 15 is 0 Å². The summed E-state index contributed by atoms with van der Waals surface area (Å²) >= 11 is 5.74. The maximum absolute atomic E-state index is 11.9. The molecular formula is C9H16ClNO2S. The summed E-state index contributed by atoms with van der Waals surface area (Å²) < 4.78 is 26.5. The highest BCUT2D eigenvalue weighted by Gasteiger charge is 2.46. The van der Waals surface area contributed by atoms with E-state index in [2.05, 4.69) is 4.72 Å². The van der Waals surface area contributed by atoms with Gasteiger partial charge in [0.05, 0.1) is 5.25 Å². The van der Waals surface area contributed by atoms with E-state index in [9.17, 15) is 8.42 Å². The molecule has 0 saturated heterocycles. The van der Waals surface area contributed by atoms with E-state index in [1.54, 1.807) is 0 Å².